The lowest BCUT2D eigenvalue weighted by Crippen LogP contribution is -2.30. The van der Waals surface area contributed by atoms with Gasteiger partial charge in [-0.1, -0.05) is 35.9 Å². The van der Waals surface area contributed by atoms with Gasteiger partial charge in [0.15, 0.2) is 0 Å². The van der Waals surface area contributed by atoms with Gasteiger partial charge in [0.1, 0.15) is 0 Å². The van der Waals surface area contributed by atoms with Crippen LogP contribution >= 0.6 is 11.6 Å². The number of aromatic amines is 1. The molecule has 0 saturated heterocycles. The van der Waals surface area contributed by atoms with Crippen LogP contribution in [0.1, 0.15) is 21.5 Å². The number of halogens is 1. The van der Waals surface area contributed by atoms with Crippen LogP contribution in [0.25, 0.3) is 10.9 Å². The highest BCUT2D eigenvalue weighted by Gasteiger charge is 2.20. The third-order valence-electron chi connectivity index (χ3n) is 3.80. The molecule has 116 valence electrons. The number of aryl methyl sites for hydroxylation is 1. The molecule has 1 amide bonds. The molecule has 2 aromatic carbocycles. The zero-order valence-electron chi connectivity index (χ0n) is 12.5. The first-order chi connectivity index (χ1) is 11.1. The molecule has 0 saturated carbocycles. The fourth-order valence-corrected chi connectivity index (χ4v) is 2.64. The van der Waals surface area contributed by atoms with Gasteiger partial charge in [-0.3, -0.25) is 9.59 Å². The first-order valence-corrected chi connectivity index (χ1v) is 7.58. The molecule has 23 heavy (non-hydrogen) atoms. The second-order valence-electron chi connectivity index (χ2n) is 5.33. The first kappa shape index (κ1) is 15.3. The normalized spacial score (nSPS) is 10.7. The Morgan fingerprint density at radius 2 is 1.96 bits per heavy atom. The quantitative estimate of drug-likeness (QED) is 0.568. The molecule has 0 fully saturated rings. The SMILES string of the molecule is Cc1ccccc1CNC(=O)C(=O)c1c[nH]c2ccc(Cl)cc12. The molecule has 0 aliphatic rings. The second kappa shape index (κ2) is 6.26. The number of carbonyl (C=O) groups is 2. The molecular weight excluding hydrogens is 312 g/mol. The number of hydrogen-bond acceptors (Lipinski definition) is 2. The minimum Gasteiger partial charge on any atom is -0.360 e. The van der Waals surface area contributed by atoms with Crippen LogP contribution in [0.5, 0.6) is 0 Å². The van der Waals surface area contributed by atoms with E-state index < -0.39 is 11.7 Å². The van der Waals surface area contributed by atoms with E-state index in [0.717, 1.165) is 16.6 Å². The van der Waals surface area contributed by atoms with E-state index in [-0.39, 0.29) is 0 Å². The van der Waals surface area contributed by atoms with Gasteiger partial charge >= 0.3 is 0 Å². The van der Waals surface area contributed by atoms with Gasteiger partial charge in [-0.05, 0) is 36.2 Å². The number of fused-ring (bicyclic) bond motifs is 1. The van der Waals surface area contributed by atoms with Crippen molar-refractivity contribution in [2.75, 3.05) is 0 Å². The number of hydrogen-bond donors (Lipinski definition) is 2. The Bertz CT molecular complexity index is 899. The highest BCUT2D eigenvalue weighted by Crippen LogP contribution is 2.22. The number of amides is 1. The Balaban J connectivity index is 1.78. The number of ketones is 1. The molecular formula is C18H15ClN2O2. The van der Waals surface area contributed by atoms with Crippen molar-refractivity contribution in [3.8, 4) is 0 Å². The van der Waals surface area contributed by atoms with Crippen molar-refractivity contribution in [3.05, 3.63) is 70.4 Å². The Labute approximate surface area is 138 Å². The summed E-state index contributed by atoms with van der Waals surface area (Å²) in [6.45, 7) is 2.28. The number of rotatable bonds is 4. The van der Waals surface area contributed by atoms with Gasteiger partial charge in [-0.25, -0.2) is 0 Å². The number of benzene rings is 2. The van der Waals surface area contributed by atoms with Gasteiger partial charge in [-0.15, -0.1) is 0 Å². The van der Waals surface area contributed by atoms with E-state index >= 15 is 0 Å². The van der Waals surface area contributed by atoms with Crippen molar-refractivity contribution < 1.29 is 9.59 Å². The molecule has 0 atom stereocenters. The summed E-state index contributed by atoms with van der Waals surface area (Å²) in [5, 5.41) is 3.84. The lowest BCUT2D eigenvalue weighted by molar-refractivity contribution is -0.117. The number of nitrogens with one attached hydrogen (secondary N) is 2. The summed E-state index contributed by atoms with van der Waals surface area (Å²) >= 11 is 5.96. The van der Waals surface area contributed by atoms with Crippen LogP contribution in [0.2, 0.25) is 5.02 Å². The number of Topliss-reactive ketones (excluding diaryl/α,β-unsaturated/α-hetero) is 1. The maximum atomic E-state index is 12.4. The highest BCUT2D eigenvalue weighted by molar-refractivity contribution is 6.45. The summed E-state index contributed by atoms with van der Waals surface area (Å²) in [6, 6.07) is 12.9. The molecule has 3 aromatic rings. The molecule has 3 rings (SSSR count). The summed E-state index contributed by atoms with van der Waals surface area (Å²) in [5.74, 6) is -1.21. The first-order valence-electron chi connectivity index (χ1n) is 7.20. The molecule has 1 heterocycles. The van der Waals surface area contributed by atoms with E-state index in [4.69, 9.17) is 11.6 Å². The van der Waals surface area contributed by atoms with E-state index in [2.05, 4.69) is 10.3 Å². The smallest absolute Gasteiger partial charge is 0.292 e. The minimum absolute atomic E-state index is 0.320. The number of carbonyl (C=O) groups excluding carboxylic acids is 2. The van der Waals surface area contributed by atoms with Gasteiger partial charge in [-0.2, -0.15) is 0 Å². The van der Waals surface area contributed by atoms with Gasteiger partial charge in [0, 0.05) is 28.7 Å². The fourth-order valence-electron chi connectivity index (χ4n) is 2.47. The van der Waals surface area contributed by atoms with Crippen molar-refractivity contribution in [2.24, 2.45) is 0 Å². The standard InChI is InChI=1S/C18H15ClN2O2/c1-11-4-2-3-5-12(11)9-21-18(23)17(22)15-10-20-16-7-6-13(19)8-14(15)16/h2-8,10,20H,9H2,1H3,(H,21,23). The van der Waals surface area contributed by atoms with Gasteiger partial charge in [0.2, 0.25) is 0 Å². The average molecular weight is 327 g/mol. The average Bonchev–Trinajstić information content (AvgIpc) is 2.96. The van der Waals surface area contributed by atoms with Crippen molar-refractivity contribution in [1.29, 1.82) is 0 Å². The Morgan fingerprint density at radius 3 is 2.74 bits per heavy atom. The number of H-pyrrole nitrogens is 1. The van der Waals surface area contributed by atoms with Crippen LogP contribution in [0.3, 0.4) is 0 Å². The van der Waals surface area contributed by atoms with Crippen LogP contribution in [0.15, 0.2) is 48.7 Å². The zero-order chi connectivity index (χ0) is 16.4. The van der Waals surface area contributed by atoms with Crippen LogP contribution in [0, 0.1) is 6.92 Å². The molecule has 2 N–H and O–H groups in total. The van der Waals surface area contributed by atoms with Gasteiger partial charge < -0.3 is 10.3 Å². The molecule has 0 aliphatic heterocycles. The zero-order valence-corrected chi connectivity index (χ0v) is 13.3. The summed E-state index contributed by atoms with van der Waals surface area (Å²) in [6.07, 6.45) is 1.54. The third kappa shape index (κ3) is 3.12. The second-order valence-corrected chi connectivity index (χ2v) is 5.77. The molecule has 1 aromatic heterocycles. The van der Waals surface area contributed by atoms with E-state index in [1.807, 2.05) is 31.2 Å². The maximum absolute atomic E-state index is 12.4. The summed E-state index contributed by atoms with van der Waals surface area (Å²) in [4.78, 5) is 27.5. The Morgan fingerprint density at radius 1 is 1.17 bits per heavy atom. The minimum atomic E-state index is -0.630. The van der Waals surface area contributed by atoms with Gasteiger partial charge in [0.25, 0.3) is 11.7 Å². The van der Waals surface area contributed by atoms with Crippen molar-refractivity contribution in [3.63, 3.8) is 0 Å². The van der Waals surface area contributed by atoms with Crippen LogP contribution in [0.4, 0.5) is 0 Å². The Hall–Kier alpha value is -2.59. The van der Waals surface area contributed by atoms with Crippen molar-refractivity contribution >= 4 is 34.2 Å². The lowest BCUT2D eigenvalue weighted by Gasteiger charge is -2.07. The molecule has 5 heteroatoms. The summed E-state index contributed by atoms with van der Waals surface area (Å²) in [5.41, 5.74) is 3.14. The molecule has 0 aliphatic carbocycles. The Kier molecular flexibility index (Phi) is 4.17. The van der Waals surface area contributed by atoms with Gasteiger partial charge in [0.05, 0.1) is 5.56 Å². The monoisotopic (exact) mass is 326 g/mol. The van der Waals surface area contributed by atoms with Crippen molar-refractivity contribution in [2.45, 2.75) is 13.5 Å². The molecule has 0 radical (unpaired) electrons. The van der Waals surface area contributed by atoms with Crippen LogP contribution in [-0.4, -0.2) is 16.7 Å². The van der Waals surface area contributed by atoms with Crippen LogP contribution in [-0.2, 0) is 11.3 Å². The van der Waals surface area contributed by atoms with E-state index in [0.29, 0.717) is 22.5 Å². The summed E-state index contributed by atoms with van der Waals surface area (Å²) < 4.78 is 0. The molecule has 0 bridgehead atoms. The molecule has 0 unspecified atom stereocenters. The third-order valence-corrected chi connectivity index (χ3v) is 4.03. The van der Waals surface area contributed by atoms with Crippen molar-refractivity contribution in [1.82, 2.24) is 10.3 Å². The fraction of sp³-hybridized carbons (Fsp3) is 0.111. The number of aromatic nitrogens is 1. The van der Waals surface area contributed by atoms with E-state index in [1.165, 1.54) is 6.20 Å². The molecule has 0 spiro atoms. The maximum Gasteiger partial charge on any atom is 0.292 e. The predicted molar refractivity (Wildman–Crippen MR) is 90.7 cm³/mol. The molecule has 4 nitrogen and oxygen atoms in total. The van der Waals surface area contributed by atoms with E-state index in [9.17, 15) is 9.59 Å². The topological polar surface area (TPSA) is 62.0 Å². The summed E-state index contributed by atoms with van der Waals surface area (Å²) in [7, 11) is 0. The lowest BCUT2D eigenvalue weighted by atomic mass is 10.1. The largest absolute Gasteiger partial charge is 0.360 e. The predicted octanol–water partition coefficient (Wildman–Crippen LogP) is 3.63. The van der Waals surface area contributed by atoms with Crippen LogP contribution < -0.4 is 5.32 Å². The highest BCUT2D eigenvalue weighted by atomic mass is 35.5. The van der Waals surface area contributed by atoms with E-state index in [1.54, 1.807) is 18.2 Å².